The highest BCUT2D eigenvalue weighted by Crippen LogP contribution is 2.01. The Balaban J connectivity index is 2.72. The van der Waals surface area contributed by atoms with Gasteiger partial charge in [0.05, 0.1) is 11.8 Å². The first kappa shape index (κ1) is 23.9. The number of hydrogen-bond acceptors (Lipinski definition) is 6. The number of hydrazone groups is 2. The van der Waals surface area contributed by atoms with Crippen LogP contribution >= 0.6 is 24.4 Å². The summed E-state index contributed by atoms with van der Waals surface area (Å²) in [5.74, 6) is 0. The third-order valence-electron chi connectivity index (χ3n) is 3.48. The number of nitrogens with zero attached hydrogens (tertiary/aromatic N) is 3. The van der Waals surface area contributed by atoms with Crippen LogP contribution in [0.4, 0.5) is 0 Å². The predicted molar refractivity (Wildman–Crippen MR) is 123 cm³/mol. The maximum atomic E-state index is 5.55. The number of hydrogen-bond donors (Lipinski definition) is 4. The van der Waals surface area contributed by atoms with Crippen molar-refractivity contribution in [2.75, 3.05) is 13.7 Å². The summed E-state index contributed by atoms with van der Waals surface area (Å²) in [7, 11) is 1.72. The lowest BCUT2D eigenvalue weighted by atomic mass is 10.1. The number of ether oxygens (including phenoxy) is 1. The number of pyridine rings is 1. The van der Waals surface area contributed by atoms with Gasteiger partial charge < -0.3 is 15.4 Å². The van der Waals surface area contributed by atoms with Crippen molar-refractivity contribution in [3.05, 3.63) is 30.1 Å². The quantitative estimate of drug-likeness (QED) is 0.272. The van der Waals surface area contributed by atoms with Crippen molar-refractivity contribution < 1.29 is 4.74 Å². The zero-order valence-electron chi connectivity index (χ0n) is 16.9. The monoisotopic (exact) mass is 423 g/mol. The average molecular weight is 424 g/mol. The minimum atomic E-state index is 0.162. The van der Waals surface area contributed by atoms with Crippen LogP contribution in [0.25, 0.3) is 0 Å². The van der Waals surface area contributed by atoms with E-state index in [1.165, 1.54) is 0 Å². The van der Waals surface area contributed by atoms with E-state index < -0.39 is 0 Å². The van der Waals surface area contributed by atoms with E-state index >= 15 is 0 Å². The molecule has 0 aliphatic heterocycles. The van der Waals surface area contributed by atoms with E-state index in [1.807, 2.05) is 39.8 Å². The van der Waals surface area contributed by atoms with Gasteiger partial charge in [-0.3, -0.25) is 15.8 Å². The standard InChI is InChI=1S/C18H29N7OS2/c1-12(2)26-10-8-13(3)21-18(28)25-22-14(4)16(23-24-17(27)19-5)15-7-6-9-20-11-15/h6-7,9,11-13H,8,10H2,1-5H3,(H2,19,24,27)(H2,21,25,28)/b22-14+,23-16-. The smallest absolute Gasteiger partial charge is 0.187 e. The van der Waals surface area contributed by atoms with Crippen molar-refractivity contribution >= 4 is 46.1 Å². The SMILES string of the molecule is CNC(=S)N/N=C(/C(C)=N/NC(=S)NC(C)CCOC(C)C)c1cccnc1. The van der Waals surface area contributed by atoms with Crippen LogP contribution in [0.5, 0.6) is 0 Å². The molecule has 0 radical (unpaired) electrons. The molecule has 4 N–H and O–H groups in total. The average Bonchev–Trinajstić information content (AvgIpc) is 2.66. The molecule has 1 rings (SSSR count). The zero-order valence-corrected chi connectivity index (χ0v) is 18.6. The van der Waals surface area contributed by atoms with Crippen molar-refractivity contribution in [1.82, 2.24) is 26.5 Å². The minimum Gasteiger partial charge on any atom is -0.379 e. The summed E-state index contributed by atoms with van der Waals surface area (Å²) in [5.41, 5.74) is 7.65. The molecule has 1 unspecified atom stereocenters. The fraction of sp³-hybridized carbons (Fsp3) is 0.500. The van der Waals surface area contributed by atoms with Gasteiger partial charge in [-0.25, -0.2) is 0 Å². The first-order chi connectivity index (χ1) is 13.3. The van der Waals surface area contributed by atoms with Gasteiger partial charge in [-0.15, -0.1) is 0 Å². The van der Waals surface area contributed by atoms with Gasteiger partial charge in [0.15, 0.2) is 10.2 Å². The summed E-state index contributed by atoms with van der Waals surface area (Å²) >= 11 is 10.4. The first-order valence-electron chi connectivity index (χ1n) is 9.02. The van der Waals surface area contributed by atoms with Crippen molar-refractivity contribution in [1.29, 1.82) is 0 Å². The molecule has 0 aliphatic rings. The Hall–Kier alpha value is -2.17. The molecule has 0 bridgehead atoms. The molecular weight excluding hydrogens is 394 g/mol. The number of rotatable bonds is 9. The lowest BCUT2D eigenvalue weighted by Gasteiger charge is -2.16. The molecule has 0 fully saturated rings. The molecule has 1 aromatic heterocycles. The molecule has 0 aromatic carbocycles. The summed E-state index contributed by atoms with van der Waals surface area (Å²) in [5, 5.41) is 15.5. The summed E-state index contributed by atoms with van der Waals surface area (Å²) in [6.45, 7) is 8.57. The van der Waals surface area contributed by atoms with Crippen LogP contribution in [0.3, 0.4) is 0 Å². The summed E-state index contributed by atoms with van der Waals surface area (Å²) in [6.07, 6.45) is 4.46. The number of nitrogens with one attached hydrogen (secondary N) is 4. The molecule has 10 heteroatoms. The summed E-state index contributed by atoms with van der Waals surface area (Å²) in [6, 6.07) is 3.88. The Morgan fingerprint density at radius 1 is 1.18 bits per heavy atom. The van der Waals surface area contributed by atoms with Crippen LogP contribution in [-0.2, 0) is 4.74 Å². The predicted octanol–water partition coefficient (Wildman–Crippen LogP) is 1.92. The van der Waals surface area contributed by atoms with Crippen LogP contribution in [-0.4, -0.2) is 52.4 Å². The van der Waals surface area contributed by atoms with E-state index in [-0.39, 0.29) is 12.1 Å². The second kappa shape index (κ2) is 13.1. The molecule has 0 spiro atoms. The van der Waals surface area contributed by atoms with E-state index in [1.54, 1.807) is 19.4 Å². The normalized spacial score (nSPS) is 13.1. The zero-order chi connectivity index (χ0) is 20.9. The van der Waals surface area contributed by atoms with Gasteiger partial charge in [0.2, 0.25) is 0 Å². The molecule has 8 nitrogen and oxygen atoms in total. The van der Waals surface area contributed by atoms with E-state index in [2.05, 4.69) is 36.7 Å². The van der Waals surface area contributed by atoms with Gasteiger partial charge in [0.1, 0.15) is 5.71 Å². The molecule has 0 saturated carbocycles. The van der Waals surface area contributed by atoms with Gasteiger partial charge in [0, 0.05) is 37.7 Å². The first-order valence-corrected chi connectivity index (χ1v) is 9.83. The summed E-state index contributed by atoms with van der Waals surface area (Å²) in [4.78, 5) is 4.13. The van der Waals surface area contributed by atoms with E-state index in [0.29, 0.717) is 28.3 Å². The van der Waals surface area contributed by atoms with Crippen LogP contribution in [0.2, 0.25) is 0 Å². The maximum Gasteiger partial charge on any atom is 0.187 e. The Bertz CT molecular complexity index is 692. The maximum absolute atomic E-state index is 5.55. The lowest BCUT2D eigenvalue weighted by molar-refractivity contribution is 0.0735. The fourth-order valence-electron chi connectivity index (χ4n) is 2.02. The van der Waals surface area contributed by atoms with Crippen molar-refractivity contribution in [3.8, 4) is 0 Å². The van der Waals surface area contributed by atoms with E-state index in [0.717, 1.165) is 12.0 Å². The van der Waals surface area contributed by atoms with Crippen LogP contribution < -0.4 is 21.5 Å². The van der Waals surface area contributed by atoms with Crippen LogP contribution in [0.15, 0.2) is 34.7 Å². The highest BCUT2D eigenvalue weighted by atomic mass is 32.1. The summed E-state index contributed by atoms with van der Waals surface area (Å²) < 4.78 is 5.55. The van der Waals surface area contributed by atoms with Crippen molar-refractivity contribution in [2.24, 2.45) is 10.2 Å². The Labute approximate surface area is 177 Å². The lowest BCUT2D eigenvalue weighted by Crippen LogP contribution is -2.39. The van der Waals surface area contributed by atoms with Gasteiger partial charge in [0.25, 0.3) is 0 Å². The van der Waals surface area contributed by atoms with Crippen molar-refractivity contribution in [3.63, 3.8) is 0 Å². The third-order valence-corrected chi connectivity index (χ3v) is 3.98. The minimum absolute atomic E-state index is 0.162. The fourth-order valence-corrected chi connectivity index (χ4v) is 2.31. The second-order valence-corrected chi connectivity index (χ2v) is 7.10. The van der Waals surface area contributed by atoms with Crippen molar-refractivity contribution in [2.45, 2.75) is 46.3 Å². The number of thiocarbonyl (C=S) groups is 2. The highest BCUT2D eigenvalue weighted by molar-refractivity contribution is 7.80. The molecule has 0 aliphatic carbocycles. The molecule has 0 saturated heterocycles. The Kier molecular flexibility index (Phi) is 11.2. The largest absolute Gasteiger partial charge is 0.379 e. The molecule has 154 valence electrons. The molecular formula is C18H29N7OS2. The van der Waals surface area contributed by atoms with E-state index in [4.69, 9.17) is 29.2 Å². The molecule has 28 heavy (non-hydrogen) atoms. The molecule has 1 atom stereocenters. The van der Waals surface area contributed by atoms with Gasteiger partial charge in [-0.2, -0.15) is 10.2 Å². The van der Waals surface area contributed by atoms with E-state index in [9.17, 15) is 0 Å². The molecule has 0 amide bonds. The highest BCUT2D eigenvalue weighted by Gasteiger charge is 2.10. The topological polar surface area (TPSA) is 95.0 Å². The van der Waals surface area contributed by atoms with Gasteiger partial charge in [-0.1, -0.05) is 0 Å². The Morgan fingerprint density at radius 3 is 2.50 bits per heavy atom. The molecule has 1 aromatic rings. The van der Waals surface area contributed by atoms with Gasteiger partial charge in [-0.05, 0) is 70.7 Å². The third kappa shape index (κ3) is 9.67. The van der Waals surface area contributed by atoms with Crippen LogP contribution in [0, 0.1) is 0 Å². The molecule has 1 heterocycles. The Morgan fingerprint density at radius 2 is 1.89 bits per heavy atom. The van der Waals surface area contributed by atoms with Gasteiger partial charge >= 0.3 is 0 Å². The second-order valence-electron chi connectivity index (χ2n) is 6.28. The van der Waals surface area contributed by atoms with Crippen LogP contribution in [0.1, 0.15) is 39.7 Å². The number of aromatic nitrogens is 1.